The Morgan fingerprint density at radius 1 is 1.04 bits per heavy atom. The number of hydrogen-bond donors (Lipinski definition) is 0. The Hall–Kier alpha value is -1.79. The molecule has 0 amide bonds. The minimum Gasteiger partial charge on any atom is -0.361 e. The van der Waals surface area contributed by atoms with Crippen LogP contribution in [0.4, 0.5) is 8.78 Å². The first kappa shape index (κ1) is 18.6. The van der Waals surface area contributed by atoms with Crippen LogP contribution in [0.15, 0.2) is 16.7 Å². The van der Waals surface area contributed by atoms with Crippen LogP contribution < -0.4 is 0 Å². The van der Waals surface area contributed by atoms with Gasteiger partial charge in [-0.05, 0) is 45.1 Å². The van der Waals surface area contributed by atoms with Gasteiger partial charge in [0.1, 0.15) is 5.76 Å². The molecule has 2 bridgehead atoms. The summed E-state index contributed by atoms with van der Waals surface area (Å²) >= 11 is 0. The highest BCUT2D eigenvalue weighted by molar-refractivity contribution is 5.25. The zero-order chi connectivity index (χ0) is 19.1. The maximum Gasteiger partial charge on any atom is 0.163 e. The fourth-order valence-corrected chi connectivity index (χ4v) is 4.58. The zero-order valence-corrected chi connectivity index (χ0v) is 16.3. The van der Waals surface area contributed by atoms with E-state index in [2.05, 4.69) is 15.0 Å². The number of halogens is 2. The molecule has 0 N–H and O–H groups in total. The third-order valence-electron chi connectivity index (χ3n) is 6.19. The monoisotopic (exact) mass is 375 g/mol. The van der Waals surface area contributed by atoms with Gasteiger partial charge in [-0.15, -0.1) is 0 Å². The van der Waals surface area contributed by atoms with E-state index in [1.165, 1.54) is 12.0 Å². The van der Waals surface area contributed by atoms with Gasteiger partial charge in [-0.3, -0.25) is 9.80 Å². The van der Waals surface area contributed by atoms with Crippen LogP contribution in [-0.4, -0.2) is 40.6 Å². The molecule has 5 rings (SSSR count). The molecule has 3 aliphatic heterocycles. The van der Waals surface area contributed by atoms with Gasteiger partial charge in [-0.1, -0.05) is 17.3 Å². The standard InChI is InChI=1S/C21H27F2N3O/c1-13-4-6-17(21(23)20(13)22)10-26-9-16-5-7-18(26)11-25(8-16)12-19-14(2)24-27-15(19)3/h4,6,16,18H,5,7-12H2,1-3H3/t16-,18+/m0/s1. The lowest BCUT2D eigenvalue weighted by atomic mass is 9.94. The van der Waals surface area contributed by atoms with E-state index in [-0.39, 0.29) is 0 Å². The molecule has 0 spiro atoms. The number of nitrogens with zero attached hydrogens (tertiary/aromatic N) is 3. The Kier molecular flexibility index (Phi) is 5.03. The number of hydrogen-bond acceptors (Lipinski definition) is 4. The minimum atomic E-state index is -0.715. The van der Waals surface area contributed by atoms with Crippen molar-refractivity contribution in [3.8, 4) is 0 Å². The molecule has 146 valence electrons. The van der Waals surface area contributed by atoms with Crippen molar-refractivity contribution in [1.29, 1.82) is 0 Å². The Bertz CT molecular complexity index is 816. The van der Waals surface area contributed by atoms with Gasteiger partial charge in [-0.25, -0.2) is 8.78 Å². The number of rotatable bonds is 4. The van der Waals surface area contributed by atoms with Crippen LogP contribution in [0.25, 0.3) is 0 Å². The van der Waals surface area contributed by atoms with Gasteiger partial charge >= 0.3 is 0 Å². The quantitative estimate of drug-likeness (QED) is 0.809. The van der Waals surface area contributed by atoms with Crippen molar-refractivity contribution in [3.63, 3.8) is 0 Å². The van der Waals surface area contributed by atoms with Crippen molar-refractivity contribution in [2.75, 3.05) is 19.6 Å². The molecule has 3 saturated heterocycles. The second-order valence-electron chi connectivity index (χ2n) is 8.19. The number of benzene rings is 1. The van der Waals surface area contributed by atoms with Gasteiger partial charge < -0.3 is 4.52 Å². The van der Waals surface area contributed by atoms with Crippen LogP contribution in [0.1, 0.15) is 41.0 Å². The normalized spacial score (nSPS) is 23.7. The summed E-state index contributed by atoms with van der Waals surface area (Å²) in [6.45, 7) is 9.78. The molecule has 27 heavy (non-hydrogen) atoms. The van der Waals surface area contributed by atoms with Crippen molar-refractivity contribution < 1.29 is 13.3 Å². The van der Waals surface area contributed by atoms with Gasteiger partial charge in [0.25, 0.3) is 0 Å². The van der Waals surface area contributed by atoms with Crippen molar-refractivity contribution >= 4 is 0 Å². The molecule has 2 atom stereocenters. The van der Waals surface area contributed by atoms with E-state index >= 15 is 0 Å². The van der Waals surface area contributed by atoms with Crippen molar-refractivity contribution in [3.05, 3.63) is 51.9 Å². The summed E-state index contributed by atoms with van der Waals surface area (Å²) in [4.78, 5) is 4.82. The third-order valence-corrected chi connectivity index (χ3v) is 6.19. The zero-order valence-electron chi connectivity index (χ0n) is 16.3. The Morgan fingerprint density at radius 3 is 2.59 bits per heavy atom. The molecule has 6 heteroatoms. The summed E-state index contributed by atoms with van der Waals surface area (Å²) in [6, 6.07) is 3.77. The third kappa shape index (κ3) is 3.65. The summed E-state index contributed by atoms with van der Waals surface area (Å²) in [6.07, 6.45) is 2.31. The molecular weight excluding hydrogens is 348 g/mol. The van der Waals surface area contributed by atoms with Gasteiger partial charge in [0.2, 0.25) is 0 Å². The fraction of sp³-hybridized carbons (Fsp3) is 0.571. The van der Waals surface area contributed by atoms with E-state index in [1.54, 1.807) is 19.1 Å². The highest BCUT2D eigenvalue weighted by atomic mass is 19.2. The van der Waals surface area contributed by atoms with Crippen LogP contribution in [0.3, 0.4) is 0 Å². The van der Waals surface area contributed by atoms with Crippen LogP contribution in [0, 0.1) is 38.3 Å². The van der Waals surface area contributed by atoms with Crippen LogP contribution in [-0.2, 0) is 13.1 Å². The molecule has 0 aliphatic carbocycles. The van der Waals surface area contributed by atoms with Crippen molar-refractivity contribution in [2.24, 2.45) is 5.92 Å². The van der Waals surface area contributed by atoms with E-state index < -0.39 is 11.6 Å². The van der Waals surface area contributed by atoms with Crippen molar-refractivity contribution in [1.82, 2.24) is 15.0 Å². The van der Waals surface area contributed by atoms with Gasteiger partial charge in [0.15, 0.2) is 11.6 Å². The maximum absolute atomic E-state index is 14.3. The lowest BCUT2D eigenvalue weighted by molar-refractivity contribution is 0.121. The Balaban J connectivity index is 1.49. The number of fused-ring (bicyclic) bond motifs is 4. The van der Waals surface area contributed by atoms with E-state index in [0.29, 0.717) is 29.6 Å². The molecule has 1 aromatic carbocycles. The molecule has 4 heterocycles. The molecule has 3 aliphatic rings. The summed E-state index contributed by atoms with van der Waals surface area (Å²) < 4.78 is 33.6. The SMILES string of the molecule is Cc1ccc(CN2C[C@H]3CC[C@@H]2CN(Cc2c(C)noc2C)C3)c(F)c1F. The number of piperidine rings is 1. The Morgan fingerprint density at radius 2 is 1.85 bits per heavy atom. The molecule has 1 aromatic heterocycles. The molecule has 3 fully saturated rings. The molecular formula is C21H27F2N3O. The fourth-order valence-electron chi connectivity index (χ4n) is 4.58. The van der Waals surface area contributed by atoms with E-state index in [1.807, 2.05) is 13.8 Å². The van der Waals surface area contributed by atoms with Crippen LogP contribution in [0.5, 0.6) is 0 Å². The van der Waals surface area contributed by atoms with Crippen molar-refractivity contribution in [2.45, 2.75) is 52.7 Å². The highest BCUT2D eigenvalue weighted by Gasteiger charge is 2.35. The maximum atomic E-state index is 14.3. The highest BCUT2D eigenvalue weighted by Crippen LogP contribution is 2.31. The Labute approximate surface area is 159 Å². The number of aromatic nitrogens is 1. The first-order valence-electron chi connectivity index (χ1n) is 9.74. The summed E-state index contributed by atoms with van der Waals surface area (Å²) in [5.41, 5.74) is 2.95. The average molecular weight is 375 g/mol. The summed E-state index contributed by atoms with van der Waals surface area (Å²) in [5, 5.41) is 4.07. The summed E-state index contributed by atoms with van der Waals surface area (Å²) in [7, 11) is 0. The lowest BCUT2D eigenvalue weighted by Gasteiger charge is -2.36. The van der Waals surface area contributed by atoms with Gasteiger partial charge in [0.05, 0.1) is 5.69 Å². The van der Waals surface area contributed by atoms with Gasteiger partial charge in [-0.2, -0.15) is 0 Å². The lowest BCUT2D eigenvalue weighted by Crippen LogP contribution is -2.43. The topological polar surface area (TPSA) is 32.5 Å². The molecule has 0 saturated carbocycles. The van der Waals surface area contributed by atoms with Crippen LogP contribution in [0.2, 0.25) is 0 Å². The number of aryl methyl sites for hydroxylation is 3. The second-order valence-corrected chi connectivity index (χ2v) is 8.19. The second kappa shape index (κ2) is 7.32. The van der Waals surface area contributed by atoms with E-state index in [0.717, 1.165) is 44.1 Å². The average Bonchev–Trinajstić information content (AvgIpc) is 2.81. The molecule has 2 aromatic rings. The molecule has 0 unspecified atom stereocenters. The first-order valence-corrected chi connectivity index (χ1v) is 9.74. The smallest absolute Gasteiger partial charge is 0.163 e. The first-order chi connectivity index (χ1) is 12.9. The summed E-state index contributed by atoms with van der Waals surface area (Å²) in [5.74, 6) is 0.0379. The van der Waals surface area contributed by atoms with Gasteiger partial charge in [0, 0.05) is 49.9 Å². The largest absolute Gasteiger partial charge is 0.361 e. The predicted molar refractivity (Wildman–Crippen MR) is 99.3 cm³/mol. The molecule has 0 radical (unpaired) electrons. The minimum absolute atomic E-state index is 0.360. The predicted octanol–water partition coefficient (Wildman–Crippen LogP) is 3.97. The van der Waals surface area contributed by atoms with E-state index in [9.17, 15) is 8.78 Å². The molecule has 4 nitrogen and oxygen atoms in total. The van der Waals surface area contributed by atoms with E-state index in [4.69, 9.17) is 4.52 Å². The van der Waals surface area contributed by atoms with Crippen LogP contribution >= 0.6 is 0 Å².